The number of nitrogens with zero attached hydrogens (tertiary/aromatic N) is 1. The Balaban J connectivity index is 2.37. The molecule has 2 nitrogen and oxygen atoms in total. The lowest BCUT2D eigenvalue weighted by atomic mass is 10.2. The molecule has 1 heterocycles. The highest BCUT2D eigenvalue weighted by atomic mass is 15.0. The highest BCUT2D eigenvalue weighted by Gasteiger charge is 1.98. The minimum atomic E-state index is 0.975. The Kier molecular flexibility index (Phi) is 2.03. The molecule has 0 saturated heterocycles. The number of aliphatic imine (C=N–C) groups is 1. The van der Waals surface area contributed by atoms with Crippen LogP contribution >= 0.6 is 0 Å². The van der Waals surface area contributed by atoms with Crippen LogP contribution in [0.1, 0.15) is 13.3 Å². The van der Waals surface area contributed by atoms with E-state index in [1.165, 1.54) is 5.71 Å². The molecule has 0 bridgehead atoms. The van der Waals surface area contributed by atoms with Crippen molar-refractivity contribution >= 4 is 5.71 Å². The van der Waals surface area contributed by atoms with Crippen molar-refractivity contribution in [1.29, 1.82) is 0 Å². The van der Waals surface area contributed by atoms with Gasteiger partial charge in [-0.2, -0.15) is 0 Å². The van der Waals surface area contributed by atoms with E-state index in [1.54, 1.807) is 0 Å². The molecule has 0 aromatic rings. The van der Waals surface area contributed by atoms with Crippen molar-refractivity contribution in [2.75, 3.05) is 19.6 Å². The lowest BCUT2D eigenvalue weighted by molar-refractivity contribution is 0.727. The van der Waals surface area contributed by atoms with E-state index >= 15 is 0 Å². The summed E-state index contributed by atoms with van der Waals surface area (Å²) in [6, 6.07) is 0. The van der Waals surface area contributed by atoms with Gasteiger partial charge >= 0.3 is 0 Å². The Hall–Kier alpha value is -0.370. The van der Waals surface area contributed by atoms with Gasteiger partial charge in [-0.3, -0.25) is 4.99 Å². The smallest absolute Gasteiger partial charge is 0.0514 e. The van der Waals surface area contributed by atoms with Crippen LogP contribution in [-0.2, 0) is 0 Å². The standard InChI is InChI=1S/C6H12N2/c1-2-6-5-7-3-4-8-6/h7H,2-5H2,1H3. The molecule has 0 unspecified atom stereocenters. The molecule has 0 saturated carbocycles. The van der Waals surface area contributed by atoms with Crippen molar-refractivity contribution in [2.45, 2.75) is 13.3 Å². The zero-order valence-electron chi connectivity index (χ0n) is 5.28. The molecule has 46 valence electrons. The van der Waals surface area contributed by atoms with Gasteiger partial charge in [0.05, 0.1) is 6.54 Å². The van der Waals surface area contributed by atoms with E-state index in [1.807, 2.05) is 0 Å². The number of hydrogen-bond acceptors (Lipinski definition) is 2. The van der Waals surface area contributed by atoms with Crippen LogP contribution in [0.2, 0.25) is 0 Å². The zero-order valence-corrected chi connectivity index (χ0v) is 5.28. The molecule has 0 spiro atoms. The lowest BCUT2D eigenvalue weighted by Crippen LogP contribution is -2.30. The third kappa shape index (κ3) is 1.30. The Labute approximate surface area is 50.0 Å². The predicted octanol–water partition coefficient (Wildman–Crippen LogP) is 0.441. The molecule has 0 atom stereocenters. The maximum atomic E-state index is 4.30. The van der Waals surface area contributed by atoms with E-state index in [9.17, 15) is 0 Å². The highest BCUT2D eigenvalue weighted by Crippen LogP contribution is 1.88. The minimum absolute atomic E-state index is 0.975. The van der Waals surface area contributed by atoms with Gasteiger partial charge in [0.2, 0.25) is 0 Å². The topological polar surface area (TPSA) is 24.4 Å². The van der Waals surface area contributed by atoms with Gasteiger partial charge < -0.3 is 5.32 Å². The fourth-order valence-electron chi connectivity index (χ4n) is 0.818. The quantitative estimate of drug-likeness (QED) is 0.523. The van der Waals surface area contributed by atoms with Gasteiger partial charge in [0.25, 0.3) is 0 Å². The molecule has 0 radical (unpaired) electrons. The molecule has 0 aromatic heterocycles. The molecule has 2 heteroatoms. The zero-order chi connectivity index (χ0) is 5.82. The molecule has 1 rings (SSSR count). The second-order valence-electron chi connectivity index (χ2n) is 1.98. The molecule has 1 aliphatic heterocycles. The summed E-state index contributed by atoms with van der Waals surface area (Å²) in [5.74, 6) is 0. The van der Waals surface area contributed by atoms with Crippen LogP contribution in [0, 0.1) is 0 Å². The van der Waals surface area contributed by atoms with Crippen LogP contribution in [0.5, 0.6) is 0 Å². The summed E-state index contributed by atoms with van der Waals surface area (Å²) >= 11 is 0. The van der Waals surface area contributed by atoms with Gasteiger partial charge in [-0.05, 0) is 6.42 Å². The molecule has 0 aromatic carbocycles. The van der Waals surface area contributed by atoms with E-state index in [4.69, 9.17) is 0 Å². The van der Waals surface area contributed by atoms with Gasteiger partial charge in [0.1, 0.15) is 0 Å². The molecule has 1 aliphatic rings. The average molecular weight is 112 g/mol. The van der Waals surface area contributed by atoms with E-state index in [0.717, 1.165) is 26.1 Å². The Morgan fingerprint density at radius 1 is 1.75 bits per heavy atom. The number of rotatable bonds is 1. The summed E-state index contributed by atoms with van der Waals surface area (Å²) in [7, 11) is 0. The average Bonchev–Trinajstić information content (AvgIpc) is 1.90. The summed E-state index contributed by atoms with van der Waals surface area (Å²) in [5.41, 5.74) is 1.32. The normalized spacial score (nSPS) is 20.4. The Bertz CT molecular complexity index is 96.7. The number of nitrogens with one attached hydrogen (secondary N) is 1. The molecule has 0 aliphatic carbocycles. The van der Waals surface area contributed by atoms with Crippen molar-refractivity contribution in [3.8, 4) is 0 Å². The first-order valence-electron chi connectivity index (χ1n) is 3.16. The van der Waals surface area contributed by atoms with Crippen molar-refractivity contribution in [2.24, 2.45) is 4.99 Å². The maximum Gasteiger partial charge on any atom is 0.0514 e. The van der Waals surface area contributed by atoms with Gasteiger partial charge in [0, 0.05) is 18.8 Å². The third-order valence-electron chi connectivity index (χ3n) is 1.36. The van der Waals surface area contributed by atoms with Gasteiger partial charge in [-0.1, -0.05) is 6.92 Å². The van der Waals surface area contributed by atoms with Crippen LogP contribution in [0.3, 0.4) is 0 Å². The largest absolute Gasteiger partial charge is 0.310 e. The van der Waals surface area contributed by atoms with E-state index in [0.29, 0.717) is 0 Å². The van der Waals surface area contributed by atoms with Crippen LogP contribution < -0.4 is 5.32 Å². The lowest BCUT2D eigenvalue weighted by Gasteiger charge is -2.10. The fraction of sp³-hybridized carbons (Fsp3) is 0.833. The summed E-state index contributed by atoms with van der Waals surface area (Å²) in [6.45, 7) is 5.19. The SMILES string of the molecule is CCC1=NCCNC1. The molecule has 0 amide bonds. The van der Waals surface area contributed by atoms with Gasteiger partial charge in [-0.15, -0.1) is 0 Å². The summed E-state index contributed by atoms with van der Waals surface area (Å²) in [5, 5.41) is 3.25. The van der Waals surface area contributed by atoms with Gasteiger partial charge in [-0.25, -0.2) is 0 Å². The van der Waals surface area contributed by atoms with Crippen molar-refractivity contribution < 1.29 is 0 Å². The molecule has 0 fully saturated rings. The van der Waals surface area contributed by atoms with Crippen molar-refractivity contribution in [3.63, 3.8) is 0 Å². The van der Waals surface area contributed by atoms with Gasteiger partial charge in [0.15, 0.2) is 0 Å². The second kappa shape index (κ2) is 2.82. The first-order chi connectivity index (χ1) is 3.93. The minimum Gasteiger partial charge on any atom is -0.310 e. The van der Waals surface area contributed by atoms with E-state index in [2.05, 4.69) is 17.2 Å². The van der Waals surface area contributed by atoms with E-state index < -0.39 is 0 Å². The van der Waals surface area contributed by atoms with Crippen LogP contribution in [-0.4, -0.2) is 25.3 Å². The Morgan fingerprint density at radius 2 is 2.62 bits per heavy atom. The highest BCUT2D eigenvalue weighted by molar-refractivity contribution is 5.86. The summed E-state index contributed by atoms with van der Waals surface area (Å²) < 4.78 is 0. The van der Waals surface area contributed by atoms with Crippen molar-refractivity contribution in [3.05, 3.63) is 0 Å². The van der Waals surface area contributed by atoms with E-state index in [-0.39, 0.29) is 0 Å². The monoisotopic (exact) mass is 112 g/mol. The second-order valence-corrected chi connectivity index (χ2v) is 1.98. The maximum absolute atomic E-state index is 4.30. The molecule has 1 N–H and O–H groups in total. The molecule has 8 heavy (non-hydrogen) atoms. The van der Waals surface area contributed by atoms with Crippen LogP contribution in [0.25, 0.3) is 0 Å². The predicted molar refractivity (Wildman–Crippen MR) is 35.5 cm³/mol. The van der Waals surface area contributed by atoms with Crippen LogP contribution in [0.4, 0.5) is 0 Å². The summed E-state index contributed by atoms with van der Waals surface area (Å²) in [6.07, 6.45) is 1.10. The number of hydrogen-bond donors (Lipinski definition) is 1. The fourth-order valence-corrected chi connectivity index (χ4v) is 0.818. The van der Waals surface area contributed by atoms with Crippen molar-refractivity contribution in [1.82, 2.24) is 5.32 Å². The Morgan fingerprint density at radius 3 is 3.00 bits per heavy atom. The summed E-state index contributed by atoms with van der Waals surface area (Å²) in [4.78, 5) is 4.30. The first-order valence-corrected chi connectivity index (χ1v) is 3.16. The third-order valence-corrected chi connectivity index (χ3v) is 1.36. The molecular weight excluding hydrogens is 100 g/mol. The first kappa shape index (κ1) is 5.76. The van der Waals surface area contributed by atoms with Crippen LogP contribution in [0.15, 0.2) is 4.99 Å². The molecular formula is C6H12N2.